The molecule has 2 atom stereocenters. The highest BCUT2D eigenvalue weighted by Gasteiger charge is 2.27. The van der Waals surface area contributed by atoms with E-state index in [1.54, 1.807) is 0 Å². The van der Waals surface area contributed by atoms with Gasteiger partial charge in [-0.1, -0.05) is 6.92 Å². The van der Waals surface area contributed by atoms with Crippen molar-refractivity contribution in [2.75, 3.05) is 26.2 Å². The number of rotatable bonds is 6. The Morgan fingerprint density at radius 1 is 1.50 bits per heavy atom. The fourth-order valence-electron chi connectivity index (χ4n) is 2.31. The maximum absolute atomic E-state index is 11.2. The third-order valence-corrected chi connectivity index (χ3v) is 3.46. The molecular formula is C12H25N3O. The van der Waals surface area contributed by atoms with E-state index in [2.05, 4.69) is 24.1 Å². The van der Waals surface area contributed by atoms with Crippen molar-refractivity contribution in [2.24, 2.45) is 11.7 Å². The summed E-state index contributed by atoms with van der Waals surface area (Å²) in [5.41, 5.74) is 5.37. The fraction of sp³-hybridized carbons (Fsp3) is 0.917. The molecule has 0 spiro atoms. The van der Waals surface area contributed by atoms with Crippen molar-refractivity contribution in [1.82, 2.24) is 10.2 Å². The van der Waals surface area contributed by atoms with Crippen LogP contribution in [0.15, 0.2) is 0 Å². The van der Waals surface area contributed by atoms with Crippen LogP contribution in [-0.2, 0) is 4.79 Å². The summed E-state index contributed by atoms with van der Waals surface area (Å²) >= 11 is 0. The number of hydrogen-bond donors (Lipinski definition) is 2. The van der Waals surface area contributed by atoms with Gasteiger partial charge in [-0.3, -0.25) is 9.69 Å². The van der Waals surface area contributed by atoms with Gasteiger partial charge in [-0.05, 0) is 45.8 Å². The highest BCUT2D eigenvalue weighted by Crippen LogP contribution is 2.21. The van der Waals surface area contributed by atoms with E-state index in [-0.39, 0.29) is 11.8 Å². The number of carbonyl (C=O) groups is 1. The molecule has 16 heavy (non-hydrogen) atoms. The summed E-state index contributed by atoms with van der Waals surface area (Å²) in [5.74, 6) is -0.0704. The monoisotopic (exact) mass is 227 g/mol. The number of likely N-dealkylation sites (tertiary alicyclic amines) is 1. The van der Waals surface area contributed by atoms with E-state index in [9.17, 15) is 4.79 Å². The molecule has 4 nitrogen and oxygen atoms in total. The average Bonchev–Trinajstić information content (AvgIpc) is 2.26. The van der Waals surface area contributed by atoms with Crippen molar-refractivity contribution in [2.45, 2.75) is 39.2 Å². The van der Waals surface area contributed by atoms with E-state index in [1.807, 2.05) is 0 Å². The van der Waals surface area contributed by atoms with Crippen molar-refractivity contribution >= 4 is 5.91 Å². The minimum atomic E-state index is -0.136. The molecule has 1 fully saturated rings. The minimum absolute atomic E-state index is 0.0651. The van der Waals surface area contributed by atoms with E-state index in [0.29, 0.717) is 6.04 Å². The first-order chi connectivity index (χ1) is 7.65. The topological polar surface area (TPSA) is 58.4 Å². The maximum atomic E-state index is 11.2. The van der Waals surface area contributed by atoms with Gasteiger partial charge >= 0.3 is 0 Å². The Morgan fingerprint density at radius 3 is 2.88 bits per heavy atom. The second-order valence-electron chi connectivity index (χ2n) is 4.73. The SMILES string of the molecule is CCNCCCN1CC(C(N)=O)CCC1C. The number of nitrogens with one attached hydrogen (secondary N) is 1. The molecule has 1 rings (SSSR count). The predicted octanol–water partition coefficient (Wildman–Crippen LogP) is 0.572. The molecule has 94 valence electrons. The normalized spacial score (nSPS) is 26.9. The van der Waals surface area contributed by atoms with E-state index in [1.165, 1.54) is 0 Å². The van der Waals surface area contributed by atoms with Crippen LogP contribution in [-0.4, -0.2) is 43.0 Å². The lowest BCUT2D eigenvalue weighted by atomic mass is 9.93. The highest BCUT2D eigenvalue weighted by atomic mass is 16.1. The highest BCUT2D eigenvalue weighted by molar-refractivity contribution is 5.76. The van der Waals surface area contributed by atoms with E-state index < -0.39 is 0 Å². The Morgan fingerprint density at radius 2 is 2.25 bits per heavy atom. The van der Waals surface area contributed by atoms with E-state index >= 15 is 0 Å². The van der Waals surface area contributed by atoms with Crippen LogP contribution < -0.4 is 11.1 Å². The summed E-state index contributed by atoms with van der Waals surface area (Å²) in [6, 6.07) is 0.595. The van der Waals surface area contributed by atoms with Crippen molar-refractivity contribution in [3.05, 3.63) is 0 Å². The molecule has 0 radical (unpaired) electrons. The van der Waals surface area contributed by atoms with Gasteiger partial charge in [0.15, 0.2) is 0 Å². The van der Waals surface area contributed by atoms with Crippen molar-refractivity contribution in [3.8, 4) is 0 Å². The largest absolute Gasteiger partial charge is 0.369 e. The van der Waals surface area contributed by atoms with E-state index in [0.717, 1.165) is 45.4 Å². The number of nitrogens with zero attached hydrogens (tertiary/aromatic N) is 1. The van der Waals surface area contributed by atoms with Crippen LogP contribution >= 0.6 is 0 Å². The number of amides is 1. The third-order valence-electron chi connectivity index (χ3n) is 3.46. The first-order valence-electron chi connectivity index (χ1n) is 6.39. The minimum Gasteiger partial charge on any atom is -0.369 e. The summed E-state index contributed by atoms with van der Waals surface area (Å²) < 4.78 is 0. The van der Waals surface area contributed by atoms with Crippen LogP contribution in [0, 0.1) is 5.92 Å². The average molecular weight is 227 g/mol. The standard InChI is InChI=1S/C12H25N3O/c1-3-14-7-4-8-15-9-11(12(13)16)6-5-10(15)2/h10-11,14H,3-9H2,1-2H3,(H2,13,16). The molecule has 4 heteroatoms. The van der Waals surface area contributed by atoms with Gasteiger partial charge in [0.2, 0.25) is 5.91 Å². The quantitative estimate of drug-likeness (QED) is 0.652. The van der Waals surface area contributed by atoms with Gasteiger partial charge in [0.25, 0.3) is 0 Å². The summed E-state index contributed by atoms with van der Waals surface area (Å²) in [7, 11) is 0. The molecule has 1 aliphatic heterocycles. The summed E-state index contributed by atoms with van der Waals surface area (Å²) in [6.07, 6.45) is 3.19. The second kappa shape index (κ2) is 6.86. The Kier molecular flexibility index (Phi) is 5.77. The predicted molar refractivity (Wildman–Crippen MR) is 66.1 cm³/mol. The summed E-state index contributed by atoms with van der Waals surface area (Å²) in [4.78, 5) is 13.6. The van der Waals surface area contributed by atoms with Gasteiger partial charge in [0, 0.05) is 12.6 Å². The molecule has 0 aromatic rings. The van der Waals surface area contributed by atoms with Gasteiger partial charge in [-0.2, -0.15) is 0 Å². The van der Waals surface area contributed by atoms with Gasteiger partial charge in [-0.15, -0.1) is 0 Å². The Labute approximate surface area is 98.6 Å². The first kappa shape index (κ1) is 13.5. The summed E-state index contributed by atoms with van der Waals surface area (Å²) in [6.45, 7) is 8.36. The molecule has 2 unspecified atom stereocenters. The zero-order valence-corrected chi connectivity index (χ0v) is 10.5. The third kappa shape index (κ3) is 4.10. The number of nitrogens with two attached hydrogens (primary N) is 1. The lowest BCUT2D eigenvalue weighted by Crippen LogP contribution is -2.46. The molecule has 0 saturated carbocycles. The molecule has 0 aromatic heterocycles. The van der Waals surface area contributed by atoms with E-state index in [4.69, 9.17) is 5.73 Å². The fourth-order valence-corrected chi connectivity index (χ4v) is 2.31. The van der Waals surface area contributed by atoms with Crippen molar-refractivity contribution in [3.63, 3.8) is 0 Å². The van der Waals surface area contributed by atoms with Crippen LogP contribution in [0.4, 0.5) is 0 Å². The number of piperidine rings is 1. The number of primary amides is 1. The molecular weight excluding hydrogens is 202 g/mol. The van der Waals surface area contributed by atoms with Crippen LogP contribution in [0.1, 0.15) is 33.1 Å². The second-order valence-corrected chi connectivity index (χ2v) is 4.73. The van der Waals surface area contributed by atoms with Crippen LogP contribution in [0.25, 0.3) is 0 Å². The molecule has 0 aliphatic carbocycles. The smallest absolute Gasteiger partial charge is 0.221 e. The molecule has 1 heterocycles. The van der Waals surface area contributed by atoms with Crippen molar-refractivity contribution < 1.29 is 4.79 Å². The lowest BCUT2D eigenvalue weighted by molar-refractivity contribution is -0.123. The zero-order chi connectivity index (χ0) is 12.0. The molecule has 1 saturated heterocycles. The van der Waals surface area contributed by atoms with Gasteiger partial charge in [0.05, 0.1) is 5.92 Å². The molecule has 0 aromatic carbocycles. The molecule has 3 N–H and O–H groups in total. The summed E-state index contributed by atoms with van der Waals surface area (Å²) in [5, 5.41) is 3.32. The Bertz CT molecular complexity index is 220. The Hall–Kier alpha value is -0.610. The van der Waals surface area contributed by atoms with Gasteiger partial charge < -0.3 is 11.1 Å². The van der Waals surface area contributed by atoms with Crippen LogP contribution in [0.3, 0.4) is 0 Å². The van der Waals surface area contributed by atoms with Gasteiger partial charge in [-0.25, -0.2) is 0 Å². The van der Waals surface area contributed by atoms with Gasteiger partial charge in [0.1, 0.15) is 0 Å². The number of carbonyl (C=O) groups excluding carboxylic acids is 1. The lowest BCUT2D eigenvalue weighted by Gasteiger charge is -2.36. The first-order valence-corrected chi connectivity index (χ1v) is 6.39. The number of hydrogen-bond acceptors (Lipinski definition) is 3. The molecule has 1 aliphatic rings. The maximum Gasteiger partial charge on any atom is 0.221 e. The molecule has 1 amide bonds. The zero-order valence-electron chi connectivity index (χ0n) is 10.5. The van der Waals surface area contributed by atoms with Crippen molar-refractivity contribution in [1.29, 1.82) is 0 Å². The van der Waals surface area contributed by atoms with Crippen LogP contribution in [0.2, 0.25) is 0 Å². The Balaban J connectivity index is 2.29. The van der Waals surface area contributed by atoms with Crippen LogP contribution in [0.5, 0.6) is 0 Å². The molecule has 0 bridgehead atoms.